The second kappa shape index (κ2) is 24.7. The van der Waals surface area contributed by atoms with Crippen LogP contribution >= 0.6 is 0 Å². The van der Waals surface area contributed by atoms with Gasteiger partial charge in [-0.3, -0.25) is 28.8 Å². The molecule has 0 saturated heterocycles. The van der Waals surface area contributed by atoms with E-state index < -0.39 is 0 Å². The highest BCUT2D eigenvalue weighted by Gasteiger charge is 2.16. The van der Waals surface area contributed by atoms with Gasteiger partial charge in [0.05, 0.1) is 24.5 Å². The lowest BCUT2D eigenvalue weighted by atomic mass is 10.2. The highest BCUT2D eigenvalue weighted by atomic mass is 16.2. The van der Waals surface area contributed by atoms with Gasteiger partial charge in [-0.05, 0) is 125 Å². The summed E-state index contributed by atoms with van der Waals surface area (Å²) in [4.78, 5) is 113. The fourth-order valence-corrected chi connectivity index (χ4v) is 8.18. The molecule has 0 fully saturated rings. The van der Waals surface area contributed by atoms with Crippen molar-refractivity contribution in [3.63, 3.8) is 0 Å². The first-order valence-corrected chi connectivity index (χ1v) is 24.4. The summed E-state index contributed by atoms with van der Waals surface area (Å²) in [6, 6.07) is 28.5. The zero-order chi connectivity index (χ0) is 51.1. The maximum atomic E-state index is 13.3. The van der Waals surface area contributed by atoms with Gasteiger partial charge >= 0.3 is 0 Å². The molecule has 8 aromatic rings. The predicted octanol–water partition coefficient (Wildman–Crippen LogP) is 5.21. The normalized spacial score (nSPS) is 11.5. The minimum Gasteiger partial charge on any atom is -0.350 e. The number of aromatic nitrogens is 8. The summed E-state index contributed by atoms with van der Waals surface area (Å²) in [7, 11) is 0. The molecule has 0 aromatic carbocycles. The summed E-state index contributed by atoms with van der Waals surface area (Å²) in [6.07, 6.45) is 3.03. The Morgan fingerprint density at radius 1 is 0.425 bits per heavy atom. The Kier molecular flexibility index (Phi) is 17.2. The van der Waals surface area contributed by atoms with Gasteiger partial charge in [0.15, 0.2) is 11.3 Å². The van der Waals surface area contributed by atoms with Crippen molar-refractivity contribution < 1.29 is 19.2 Å². The van der Waals surface area contributed by atoms with Crippen LogP contribution in [0.1, 0.15) is 67.7 Å². The van der Waals surface area contributed by atoms with Crippen LogP contribution < -0.4 is 32.4 Å². The molecule has 4 amide bonds. The maximum absolute atomic E-state index is 13.3. The van der Waals surface area contributed by atoms with Crippen LogP contribution in [0, 0.1) is 13.8 Å². The zero-order valence-electron chi connectivity index (χ0n) is 40.9. The summed E-state index contributed by atoms with van der Waals surface area (Å²) >= 11 is 0. The number of nitrogens with one attached hydrogen (secondary N) is 6. The van der Waals surface area contributed by atoms with Crippen molar-refractivity contribution in [3.05, 3.63) is 141 Å². The van der Waals surface area contributed by atoms with E-state index in [-0.39, 0.29) is 73.5 Å². The molecule has 6 N–H and O–H groups in total. The number of hydrogen-bond donors (Lipinski definition) is 6. The summed E-state index contributed by atoms with van der Waals surface area (Å²) in [5.41, 5.74) is 4.32. The Balaban J connectivity index is 0.854. The molecule has 8 aromatic heterocycles. The first kappa shape index (κ1) is 51.0. The van der Waals surface area contributed by atoms with Gasteiger partial charge in [-0.1, -0.05) is 6.42 Å². The highest BCUT2D eigenvalue weighted by molar-refractivity contribution is 5.92. The number of fused-ring (bicyclic) bond motifs is 4. The Morgan fingerprint density at radius 3 is 1.25 bits per heavy atom. The molecule has 0 unspecified atom stereocenters. The molecule has 0 bridgehead atoms. The standard InChI is InChI=1S/C53H58N14O6/c1-34-6-8-36-12-18-42(62-50(36)56-34)60-48(72)24-30-66(28-22-44(68)54-32-40-16-10-38-14-20-46(70)64-52(38)58-40)26-4-3-5-27-67(31-25-49(73)61-43-19-13-37-9-7-35(2)57-51(37)63-43)29-23-45(69)55-33-41-17-11-39-15-21-47(71)65-53(39)59-41/h6-21H,3-5,22-33H2,1-2H3,(H,54,68)(H,55,69)(H,58,64,70)(H,59,65,71)(H,56,60,62,72)(H,57,61,63,73). The fraction of sp³-hybridized carbons (Fsp3) is 0.321. The molecule has 20 heteroatoms. The zero-order valence-corrected chi connectivity index (χ0v) is 40.9. The first-order valence-electron chi connectivity index (χ1n) is 24.4. The Bertz CT molecular complexity index is 3180. The third-order valence-electron chi connectivity index (χ3n) is 12.2. The van der Waals surface area contributed by atoms with Gasteiger partial charge in [0, 0.05) is 96.9 Å². The van der Waals surface area contributed by atoms with Crippen LogP contribution in [-0.2, 0) is 32.3 Å². The number of aromatic amines is 2. The molecule has 376 valence electrons. The van der Waals surface area contributed by atoms with Crippen LogP contribution in [-0.4, -0.2) is 113 Å². The van der Waals surface area contributed by atoms with Gasteiger partial charge in [-0.25, -0.2) is 29.9 Å². The average molecular weight is 987 g/mol. The molecule has 0 atom stereocenters. The van der Waals surface area contributed by atoms with Gasteiger partial charge in [-0.2, -0.15) is 0 Å². The molecule has 0 aliphatic rings. The fourth-order valence-electron chi connectivity index (χ4n) is 8.18. The Hall–Kier alpha value is -8.36. The third kappa shape index (κ3) is 15.3. The van der Waals surface area contributed by atoms with E-state index >= 15 is 0 Å². The lowest BCUT2D eigenvalue weighted by molar-refractivity contribution is -0.122. The van der Waals surface area contributed by atoms with E-state index in [1.165, 1.54) is 12.1 Å². The Morgan fingerprint density at radius 2 is 0.808 bits per heavy atom. The van der Waals surface area contributed by atoms with Crippen LogP contribution in [0.3, 0.4) is 0 Å². The number of amides is 4. The minimum atomic E-state index is -0.259. The highest BCUT2D eigenvalue weighted by Crippen LogP contribution is 2.17. The van der Waals surface area contributed by atoms with E-state index in [1.54, 1.807) is 36.4 Å². The van der Waals surface area contributed by atoms with E-state index in [2.05, 4.69) is 70.9 Å². The van der Waals surface area contributed by atoms with Crippen molar-refractivity contribution in [3.8, 4) is 0 Å². The summed E-state index contributed by atoms with van der Waals surface area (Å²) in [5, 5.41) is 15.0. The van der Waals surface area contributed by atoms with Crippen molar-refractivity contribution in [1.82, 2.24) is 60.3 Å². The van der Waals surface area contributed by atoms with Crippen molar-refractivity contribution in [2.75, 3.05) is 49.9 Å². The number of carbonyl (C=O) groups is 4. The number of H-pyrrole nitrogens is 2. The molecule has 8 rings (SSSR count). The number of rotatable bonds is 24. The van der Waals surface area contributed by atoms with Crippen LogP contribution in [0.15, 0.2) is 107 Å². The van der Waals surface area contributed by atoms with Gasteiger partial charge in [0.25, 0.3) is 0 Å². The molecule has 0 saturated carbocycles. The van der Waals surface area contributed by atoms with E-state index in [9.17, 15) is 28.8 Å². The largest absolute Gasteiger partial charge is 0.350 e. The second-order valence-corrected chi connectivity index (χ2v) is 17.9. The van der Waals surface area contributed by atoms with Crippen molar-refractivity contribution >= 4 is 79.4 Å². The van der Waals surface area contributed by atoms with Crippen molar-refractivity contribution in [2.45, 2.75) is 71.9 Å². The van der Waals surface area contributed by atoms with Gasteiger partial charge in [-0.15, -0.1) is 0 Å². The molecule has 0 spiro atoms. The smallest absolute Gasteiger partial charge is 0.249 e. The van der Waals surface area contributed by atoms with E-state index in [1.807, 2.05) is 62.4 Å². The Labute approximate surface area is 419 Å². The van der Waals surface area contributed by atoms with Gasteiger partial charge in [0.2, 0.25) is 34.7 Å². The van der Waals surface area contributed by atoms with E-state index in [0.717, 1.165) is 52.2 Å². The van der Waals surface area contributed by atoms with Crippen LogP contribution in [0.25, 0.3) is 44.1 Å². The number of nitrogens with zero attached hydrogens (tertiary/aromatic N) is 8. The summed E-state index contributed by atoms with van der Waals surface area (Å²) in [5.74, 6) is 0.0178. The van der Waals surface area contributed by atoms with E-state index in [0.29, 0.717) is 84.9 Å². The molecule has 73 heavy (non-hydrogen) atoms. The number of carbonyl (C=O) groups excluding carboxylic acids is 4. The molecule has 8 heterocycles. The number of anilines is 2. The average Bonchev–Trinajstić information content (AvgIpc) is 3.37. The number of aryl methyl sites for hydroxylation is 2. The van der Waals surface area contributed by atoms with E-state index in [4.69, 9.17) is 0 Å². The molecule has 0 aliphatic heterocycles. The number of hydrogen-bond acceptors (Lipinski definition) is 14. The van der Waals surface area contributed by atoms with Crippen molar-refractivity contribution in [2.24, 2.45) is 0 Å². The topological polar surface area (TPSA) is 266 Å². The second-order valence-electron chi connectivity index (χ2n) is 17.9. The molecule has 0 radical (unpaired) electrons. The predicted molar refractivity (Wildman–Crippen MR) is 279 cm³/mol. The number of pyridine rings is 8. The quantitative estimate of drug-likeness (QED) is 0.0425. The monoisotopic (exact) mass is 986 g/mol. The van der Waals surface area contributed by atoms with Crippen molar-refractivity contribution in [1.29, 1.82) is 0 Å². The molecular formula is C53H58N14O6. The molecular weight excluding hydrogens is 929 g/mol. The number of unbranched alkanes of at least 4 members (excludes halogenated alkanes) is 2. The van der Waals surface area contributed by atoms with Crippen LogP contribution in [0.4, 0.5) is 11.6 Å². The lowest BCUT2D eigenvalue weighted by Crippen LogP contribution is -2.34. The van der Waals surface area contributed by atoms with Gasteiger partial charge < -0.3 is 41.0 Å². The molecule has 20 nitrogen and oxygen atoms in total. The first-order chi connectivity index (χ1) is 35.4. The van der Waals surface area contributed by atoms with Crippen LogP contribution in [0.5, 0.6) is 0 Å². The minimum absolute atomic E-state index is 0.168. The summed E-state index contributed by atoms with van der Waals surface area (Å²) < 4.78 is 0. The SMILES string of the molecule is Cc1ccc2ccc(NC(=O)CCN(CCCCCN(CCC(=O)NCc3ccc4ccc(=O)[nH]c4n3)CCC(=O)Nc3ccc4ccc(C)nc4n3)CCC(=O)NCc3ccc4ccc(=O)[nH]c4n3)nc2n1. The third-order valence-corrected chi connectivity index (χ3v) is 12.2. The lowest BCUT2D eigenvalue weighted by Gasteiger charge is -2.23. The van der Waals surface area contributed by atoms with Gasteiger partial charge in [0.1, 0.15) is 22.9 Å². The molecule has 0 aliphatic carbocycles. The maximum Gasteiger partial charge on any atom is 0.249 e. The summed E-state index contributed by atoms with van der Waals surface area (Å²) in [6.45, 7) is 6.97. The van der Waals surface area contributed by atoms with Crippen LogP contribution in [0.2, 0.25) is 0 Å².